The largest absolute Gasteiger partial charge is 0.399 e. The van der Waals surface area contributed by atoms with Gasteiger partial charge in [-0.2, -0.15) is 0 Å². The fraction of sp³-hybridized carbons (Fsp3) is 0.538. The number of aliphatic hydroxyl groups excluding tert-OH is 1. The topological polar surface area (TPSA) is 49.5 Å². The molecule has 16 heavy (non-hydrogen) atoms. The highest BCUT2D eigenvalue weighted by molar-refractivity contribution is 5.58. The minimum Gasteiger partial charge on any atom is -0.399 e. The summed E-state index contributed by atoms with van der Waals surface area (Å²) in [7, 11) is 0. The van der Waals surface area contributed by atoms with Crippen LogP contribution in [-0.4, -0.2) is 23.8 Å². The molecule has 0 saturated heterocycles. The predicted molar refractivity (Wildman–Crippen MR) is 69.8 cm³/mol. The van der Waals surface area contributed by atoms with Crippen molar-refractivity contribution < 1.29 is 5.11 Å². The first-order valence-electron chi connectivity index (χ1n) is 5.78. The Morgan fingerprint density at radius 1 is 1.38 bits per heavy atom. The summed E-state index contributed by atoms with van der Waals surface area (Å²) in [6.45, 7) is 8.80. The molecule has 0 radical (unpaired) electrons. The van der Waals surface area contributed by atoms with Gasteiger partial charge in [-0.15, -0.1) is 0 Å². The third-order valence-electron chi connectivity index (χ3n) is 3.12. The van der Waals surface area contributed by atoms with Crippen LogP contribution in [-0.2, 0) is 0 Å². The zero-order valence-electron chi connectivity index (χ0n) is 10.6. The van der Waals surface area contributed by atoms with Gasteiger partial charge in [0.2, 0.25) is 0 Å². The summed E-state index contributed by atoms with van der Waals surface area (Å²) in [6.07, 6.45) is -0.349. The van der Waals surface area contributed by atoms with Crippen LogP contribution in [0.4, 0.5) is 11.4 Å². The van der Waals surface area contributed by atoms with Crippen LogP contribution in [0, 0.1) is 6.92 Å². The molecule has 1 aromatic carbocycles. The zero-order valence-corrected chi connectivity index (χ0v) is 10.6. The van der Waals surface area contributed by atoms with E-state index in [0.29, 0.717) is 0 Å². The van der Waals surface area contributed by atoms with Gasteiger partial charge in [-0.3, -0.25) is 0 Å². The van der Waals surface area contributed by atoms with E-state index in [1.807, 2.05) is 32.9 Å². The highest BCUT2D eigenvalue weighted by Gasteiger charge is 2.17. The molecule has 0 saturated carbocycles. The maximum Gasteiger partial charge on any atom is 0.0712 e. The Bertz CT molecular complexity index is 350. The van der Waals surface area contributed by atoms with Crippen LogP contribution in [0.2, 0.25) is 0 Å². The Morgan fingerprint density at radius 3 is 2.44 bits per heavy atom. The highest BCUT2D eigenvalue weighted by atomic mass is 16.3. The van der Waals surface area contributed by atoms with Crippen molar-refractivity contribution in [3.63, 3.8) is 0 Å². The summed E-state index contributed by atoms with van der Waals surface area (Å²) in [6, 6.07) is 6.10. The molecule has 90 valence electrons. The number of hydrogen-bond acceptors (Lipinski definition) is 3. The molecule has 0 aliphatic carbocycles. The third kappa shape index (κ3) is 2.67. The lowest BCUT2D eigenvalue weighted by Crippen LogP contribution is -2.40. The van der Waals surface area contributed by atoms with Crippen LogP contribution in [0.5, 0.6) is 0 Å². The molecule has 1 rings (SSSR count). The number of hydrogen-bond donors (Lipinski definition) is 2. The maximum atomic E-state index is 9.64. The zero-order chi connectivity index (χ0) is 12.3. The van der Waals surface area contributed by atoms with E-state index in [0.717, 1.165) is 23.5 Å². The maximum absolute atomic E-state index is 9.64. The number of benzene rings is 1. The van der Waals surface area contributed by atoms with Crippen molar-refractivity contribution in [3.05, 3.63) is 23.8 Å². The van der Waals surface area contributed by atoms with Gasteiger partial charge in [-0.25, -0.2) is 0 Å². The van der Waals surface area contributed by atoms with E-state index >= 15 is 0 Å². The van der Waals surface area contributed by atoms with Crippen LogP contribution in [0.3, 0.4) is 0 Å². The van der Waals surface area contributed by atoms with E-state index in [1.165, 1.54) is 0 Å². The van der Waals surface area contributed by atoms with Crippen LogP contribution >= 0.6 is 0 Å². The monoisotopic (exact) mass is 222 g/mol. The van der Waals surface area contributed by atoms with E-state index in [4.69, 9.17) is 5.73 Å². The Kier molecular flexibility index (Phi) is 4.19. The summed E-state index contributed by atoms with van der Waals surface area (Å²) in [5, 5.41) is 9.64. The SMILES string of the molecule is CCN(c1ccc(N)c(C)c1)C(C)C(C)O. The van der Waals surface area contributed by atoms with Crippen molar-refractivity contribution in [1.82, 2.24) is 0 Å². The van der Waals surface area contributed by atoms with Crippen molar-refractivity contribution in [2.75, 3.05) is 17.2 Å². The van der Waals surface area contributed by atoms with Crippen molar-refractivity contribution in [2.45, 2.75) is 39.8 Å². The number of anilines is 2. The van der Waals surface area contributed by atoms with Crippen LogP contribution in [0.25, 0.3) is 0 Å². The van der Waals surface area contributed by atoms with E-state index in [9.17, 15) is 5.11 Å². The average Bonchev–Trinajstić information content (AvgIpc) is 2.24. The van der Waals surface area contributed by atoms with Crippen molar-refractivity contribution in [3.8, 4) is 0 Å². The highest BCUT2D eigenvalue weighted by Crippen LogP contribution is 2.23. The summed E-state index contributed by atoms with van der Waals surface area (Å²) in [5.74, 6) is 0. The van der Waals surface area contributed by atoms with Crippen molar-refractivity contribution in [2.24, 2.45) is 0 Å². The standard InChI is InChI=1S/C13H22N2O/c1-5-15(10(3)11(4)16)12-6-7-13(14)9(2)8-12/h6-8,10-11,16H,5,14H2,1-4H3. The molecule has 0 aromatic heterocycles. The lowest BCUT2D eigenvalue weighted by molar-refractivity contribution is 0.166. The van der Waals surface area contributed by atoms with Gasteiger partial charge in [0.25, 0.3) is 0 Å². The van der Waals surface area contributed by atoms with Gasteiger partial charge in [-0.05, 0) is 51.5 Å². The molecule has 0 bridgehead atoms. The third-order valence-corrected chi connectivity index (χ3v) is 3.12. The van der Waals surface area contributed by atoms with Gasteiger partial charge in [0, 0.05) is 17.9 Å². The minimum absolute atomic E-state index is 0.105. The summed E-state index contributed by atoms with van der Waals surface area (Å²) < 4.78 is 0. The van der Waals surface area contributed by atoms with E-state index in [2.05, 4.69) is 17.9 Å². The molecule has 0 heterocycles. The quantitative estimate of drug-likeness (QED) is 0.768. The molecule has 0 amide bonds. The lowest BCUT2D eigenvalue weighted by Gasteiger charge is -2.32. The molecule has 3 heteroatoms. The van der Waals surface area contributed by atoms with Crippen LogP contribution < -0.4 is 10.6 Å². The van der Waals surface area contributed by atoms with E-state index < -0.39 is 0 Å². The molecular weight excluding hydrogens is 200 g/mol. The van der Waals surface area contributed by atoms with Crippen molar-refractivity contribution in [1.29, 1.82) is 0 Å². The molecule has 0 spiro atoms. The first kappa shape index (κ1) is 12.8. The van der Waals surface area contributed by atoms with Gasteiger partial charge in [0.05, 0.1) is 12.1 Å². The molecule has 0 aliphatic rings. The Balaban J connectivity index is 2.99. The van der Waals surface area contributed by atoms with E-state index in [1.54, 1.807) is 0 Å². The second kappa shape index (κ2) is 5.21. The number of nitrogen functional groups attached to an aromatic ring is 1. The van der Waals surface area contributed by atoms with Crippen LogP contribution in [0.15, 0.2) is 18.2 Å². The molecule has 0 aliphatic heterocycles. The number of aryl methyl sites for hydroxylation is 1. The van der Waals surface area contributed by atoms with Crippen LogP contribution in [0.1, 0.15) is 26.3 Å². The smallest absolute Gasteiger partial charge is 0.0712 e. The molecule has 2 unspecified atom stereocenters. The Morgan fingerprint density at radius 2 is 2.00 bits per heavy atom. The molecule has 3 N–H and O–H groups in total. The molecule has 3 nitrogen and oxygen atoms in total. The normalized spacial score (nSPS) is 14.6. The molecule has 1 aromatic rings. The fourth-order valence-corrected chi connectivity index (χ4v) is 1.80. The lowest BCUT2D eigenvalue weighted by atomic mass is 10.1. The number of aliphatic hydroxyl groups is 1. The van der Waals surface area contributed by atoms with Gasteiger partial charge in [-0.1, -0.05) is 0 Å². The average molecular weight is 222 g/mol. The first-order chi connectivity index (χ1) is 7.47. The van der Waals surface area contributed by atoms with E-state index in [-0.39, 0.29) is 12.1 Å². The van der Waals surface area contributed by atoms with Gasteiger partial charge < -0.3 is 15.7 Å². The summed E-state index contributed by atoms with van der Waals surface area (Å²) in [5.41, 5.74) is 8.80. The summed E-state index contributed by atoms with van der Waals surface area (Å²) >= 11 is 0. The first-order valence-corrected chi connectivity index (χ1v) is 5.78. The summed E-state index contributed by atoms with van der Waals surface area (Å²) in [4.78, 5) is 2.18. The second-order valence-corrected chi connectivity index (χ2v) is 4.31. The number of rotatable bonds is 4. The fourth-order valence-electron chi connectivity index (χ4n) is 1.80. The Hall–Kier alpha value is -1.22. The number of nitrogens with two attached hydrogens (primary N) is 1. The minimum atomic E-state index is -0.349. The number of likely N-dealkylation sites (N-methyl/N-ethyl adjacent to an activating group) is 1. The van der Waals surface area contributed by atoms with Crippen molar-refractivity contribution >= 4 is 11.4 Å². The predicted octanol–water partition coefficient (Wildman–Crippen LogP) is 2.17. The van der Waals surface area contributed by atoms with Gasteiger partial charge in [0.1, 0.15) is 0 Å². The molecule has 0 fully saturated rings. The number of nitrogens with zero attached hydrogens (tertiary/aromatic N) is 1. The molecular formula is C13H22N2O. The Labute approximate surface area is 97.9 Å². The molecule has 2 atom stereocenters. The second-order valence-electron chi connectivity index (χ2n) is 4.31. The van der Waals surface area contributed by atoms with Gasteiger partial charge >= 0.3 is 0 Å². The van der Waals surface area contributed by atoms with Gasteiger partial charge in [0.15, 0.2) is 0 Å².